The molecule has 0 atom stereocenters. The third-order valence-corrected chi connectivity index (χ3v) is 2.98. The lowest BCUT2D eigenvalue weighted by Crippen LogP contribution is -2.07. The topological polar surface area (TPSA) is 66.2 Å². The third-order valence-electron chi connectivity index (χ3n) is 2.98. The van der Waals surface area contributed by atoms with Crippen LogP contribution in [-0.2, 0) is 13.2 Å². The van der Waals surface area contributed by atoms with Crippen molar-refractivity contribution in [2.24, 2.45) is 0 Å². The van der Waals surface area contributed by atoms with Gasteiger partial charge in [0, 0.05) is 12.6 Å². The molecule has 1 aromatic carbocycles. The maximum absolute atomic E-state index is 11.4. The molecule has 0 radical (unpaired) electrons. The molecule has 19 heavy (non-hydrogen) atoms. The minimum atomic E-state index is 0.00674. The summed E-state index contributed by atoms with van der Waals surface area (Å²) in [6, 6.07) is 5.22. The normalized spacial score (nSPS) is 13.2. The first-order valence-electron chi connectivity index (χ1n) is 6.07. The van der Waals surface area contributed by atoms with Gasteiger partial charge in [0.15, 0.2) is 12.4 Å². The molecule has 0 saturated carbocycles. The predicted molar refractivity (Wildman–Crippen MR) is 66.3 cm³/mol. The Morgan fingerprint density at radius 2 is 2.37 bits per heavy atom. The molecule has 2 heterocycles. The van der Waals surface area contributed by atoms with Gasteiger partial charge in [0.25, 0.3) is 0 Å². The van der Waals surface area contributed by atoms with Crippen LogP contribution < -0.4 is 9.47 Å². The summed E-state index contributed by atoms with van der Waals surface area (Å²) in [7, 11) is 0. The number of aryl methyl sites for hydroxylation is 1. The van der Waals surface area contributed by atoms with Crippen LogP contribution in [0.4, 0.5) is 0 Å². The van der Waals surface area contributed by atoms with Gasteiger partial charge in [0.1, 0.15) is 24.4 Å². The van der Waals surface area contributed by atoms with Gasteiger partial charge in [0.2, 0.25) is 5.78 Å². The molecular weight excluding hydrogens is 246 g/mol. The quantitative estimate of drug-likeness (QED) is 0.831. The highest BCUT2D eigenvalue weighted by Gasteiger charge is 2.21. The largest absolute Gasteiger partial charge is 0.485 e. The number of rotatable bonds is 4. The van der Waals surface area contributed by atoms with E-state index in [9.17, 15) is 4.79 Å². The zero-order valence-corrected chi connectivity index (χ0v) is 10.5. The Hall–Kier alpha value is -2.37. The highest BCUT2D eigenvalue weighted by atomic mass is 16.5. The van der Waals surface area contributed by atoms with Crippen LogP contribution in [0.25, 0.3) is 0 Å². The second-order valence-electron chi connectivity index (χ2n) is 4.15. The summed E-state index contributed by atoms with van der Waals surface area (Å²) in [6.07, 6.45) is 1.51. The summed E-state index contributed by atoms with van der Waals surface area (Å²) in [5, 5.41) is 4.07. The number of aromatic nitrogens is 3. The van der Waals surface area contributed by atoms with Crippen molar-refractivity contribution in [3.05, 3.63) is 35.9 Å². The number of hydrogen-bond acceptors (Lipinski definition) is 5. The van der Waals surface area contributed by atoms with Gasteiger partial charge < -0.3 is 9.47 Å². The number of benzene rings is 1. The molecule has 2 aromatic rings. The Bertz CT molecular complexity index is 621. The first kappa shape index (κ1) is 11.7. The fourth-order valence-corrected chi connectivity index (χ4v) is 1.98. The zero-order chi connectivity index (χ0) is 13.2. The molecule has 98 valence electrons. The van der Waals surface area contributed by atoms with Gasteiger partial charge in [-0.25, -0.2) is 9.67 Å². The van der Waals surface area contributed by atoms with Gasteiger partial charge in [0.05, 0.1) is 5.56 Å². The molecule has 1 aliphatic heterocycles. The van der Waals surface area contributed by atoms with Gasteiger partial charge in [-0.3, -0.25) is 4.79 Å². The molecule has 3 rings (SSSR count). The number of carbonyl (C=O) groups is 1. The van der Waals surface area contributed by atoms with Crippen LogP contribution in [0.2, 0.25) is 0 Å². The number of nitrogens with zero attached hydrogens (tertiary/aromatic N) is 3. The summed E-state index contributed by atoms with van der Waals surface area (Å²) in [6.45, 7) is 3.19. The van der Waals surface area contributed by atoms with Crippen molar-refractivity contribution in [1.82, 2.24) is 14.8 Å². The van der Waals surface area contributed by atoms with Gasteiger partial charge in [-0.15, -0.1) is 0 Å². The number of ketones is 1. The van der Waals surface area contributed by atoms with Crippen LogP contribution in [-0.4, -0.2) is 27.2 Å². The van der Waals surface area contributed by atoms with E-state index in [-0.39, 0.29) is 12.4 Å². The Morgan fingerprint density at radius 1 is 1.47 bits per heavy atom. The van der Waals surface area contributed by atoms with E-state index in [0.29, 0.717) is 23.7 Å². The molecule has 0 fully saturated rings. The summed E-state index contributed by atoms with van der Waals surface area (Å²) < 4.78 is 12.7. The van der Waals surface area contributed by atoms with E-state index in [4.69, 9.17) is 9.47 Å². The highest BCUT2D eigenvalue weighted by Crippen LogP contribution is 2.29. The number of fused-ring (bicyclic) bond motifs is 1. The maximum Gasteiger partial charge on any atom is 0.203 e. The monoisotopic (exact) mass is 259 g/mol. The van der Waals surface area contributed by atoms with Crippen LogP contribution >= 0.6 is 0 Å². The van der Waals surface area contributed by atoms with Crippen LogP contribution in [0.5, 0.6) is 11.5 Å². The lowest BCUT2D eigenvalue weighted by atomic mass is 10.1. The SMILES string of the molecule is CCn1ncnc1COc1ccc2c(c1)OCC2=O. The fraction of sp³-hybridized carbons (Fsp3) is 0.308. The Balaban J connectivity index is 1.73. The fourth-order valence-electron chi connectivity index (χ4n) is 1.98. The Morgan fingerprint density at radius 3 is 3.21 bits per heavy atom. The predicted octanol–water partition coefficient (Wildman–Crippen LogP) is 1.45. The molecule has 0 N–H and O–H groups in total. The molecule has 0 saturated heterocycles. The van der Waals surface area contributed by atoms with E-state index >= 15 is 0 Å². The van der Waals surface area contributed by atoms with Crippen LogP contribution in [0, 0.1) is 0 Å². The van der Waals surface area contributed by atoms with E-state index in [2.05, 4.69) is 10.1 Å². The Labute approximate surface area is 110 Å². The highest BCUT2D eigenvalue weighted by molar-refractivity contribution is 6.02. The van der Waals surface area contributed by atoms with Crippen molar-refractivity contribution in [3.63, 3.8) is 0 Å². The molecule has 0 spiro atoms. The van der Waals surface area contributed by atoms with E-state index in [1.165, 1.54) is 6.33 Å². The molecule has 0 bridgehead atoms. The summed E-state index contributed by atoms with van der Waals surface area (Å²) in [5.41, 5.74) is 0.615. The number of hydrogen-bond donors (Lipinski definition) is 0. The standard InChI is InChI=1S/C13H13N3O3/c1-2-16-13(14-8-15-16)7-18-9-3-4-10-11(17)6-19-12(10)5-9/h3-5,8H,2,6-7H2,1H3. The molecule has 0 aliphatic carbocycles. The summed E-state index contributed by atoms with van der Waals surface area (Å²) >= 11 is 0. The van der Waals surface area contributed by atoms with Crippen molar-refractivity contribution in [1.29, 1.82) is 0 Å². The van der Waals surface area contributed by atoms with E-state index < -0.39 is 0 Å². The molecule has 0 amide bonds. The number of ether oxygens (including phenoxy) is 2. The Kier molecular flexibility index (Phi) is 2.91. The van der Waals surface area contributed by atoms with Gasteiger partial charge in [-0.1, -0.05) is 0 Å². The molecule has 1 aliphatic rings. The third kappa shape index (κ3) is 2.16. The van der Waals surface area contributed by atoms with Crippen molar-refractivity contribution in [2.45, 2.75) is 20.1 Å². The number of carbonyl (C=O) groups excluding carboxylic acids is 1. The van der Waals surface area contributed by atoms with Crippen LogP contribution in [0.1, 0.15) is 23.1 Å². The minimum Gasteiger partial charge on any atom is -0.485 e. The lowest BCUT2D eigenvalue weighted by Gasteiger charge is -2.07. The van der Waals surface area contributed by atoms with Gasteiger partial charge >= 0.3 is 0 Å². The zero-order valence-electron chi connectivity index (χ0n) is 10.5. The molecule has 0 unspecified atom stereocenters. The van der Waals surface area contributed by atoms with Crippen LogP contribution in [0.3, 0.4) is 0 Å². The molecular formula is C13H13N3O3. The number of Topliss-reactive ketones (excluding diaryl/α,β-unsaturated/α-hetero) is 1. The summed E-state index contributed by atoms with van der Waals surface area (Å²) in [5.74, 6) is 2.01. The smallest absolute Gasteiger partial charge is 0.203 e. The van der Waals surface area contributed by atoms with Crippen molar-refractivity contribution >= 4 is 5.78 Å². The molecule has 6 nitrogen and oxygen atoms in total. The van der Waals surface area contributed by atoms with Crippen LogP contribution in [0.15, 0.2) is 24.5 Å². The molecule has 1 aromatic heterocycles. The van der Waals surface area contributed by atoms with Crippen molar-refractivity contribution in [3.8, 4) is 11.5 Å². The van der Waals surface area contributed by atoms with Gasteiger partial charge in [-0.05, 0) is 19.1 Å². The van der Waals surface area contributed by atoms with E-state index in [1.54, 1.807) is 22.9 Å². The minimum absolute atomic E-state index is 0.00674. The van der Waals surface area contributed by atoms with E-state index in [0.717, 1.165) is 12.4 Å². The maximum atomic E-state index is 11.4. The summed E-state index contributed by atoms with van der Waals surface area (Å²) in [4.78, 5) is 15.5. The molecule has 6 heteroatoms. The van der Waals surface area contributed by atoms with Crippen molar-refractivity contribution < 1.29 is 14.3 Å². The van der Waals surface area contributed by atoms with Gasteiger partial charge in [-0.2, -0.15) is 5.10 Å². The first-order chi connectivity index (χ1) is 9.28. The lowest BCUT2D eigenvalue weighted by molar-refractivity contribution is 0.0961. The van der Waals surface area contributed by atoms with Crippen molar-refractivity contribution in [2.75, 3.05) is 6.61 Å². The van der Waals surface area contributed by atoms with E-state index in [1.807, 2.05) is 6.92 Å². The second kappa shape index (κ2) is 4.72. The average Bonchev–Trinajstić information content (AvgIpc) is 3.03. The first-order valence-corrected chi connectivity index (χ1v) is 6.07. The second-order valence-corrected chi connectivity index (χ2v) is 4.15. The average molecular weight is 259 g/mol.